The van der Waals surface area contributed by atoms with Crippen molar-refractivity contribution in [2.24, 2.45) is 0 Å². The Balaban J connectivity index is -0.0000000133. The van der Waals surface area contributed by atoms with Gasteiger partial charge in [0.05, 0.1) is 0 Å². The first-order valence-electron chi connectivity index (χ1n) is 0.873. The van der Waals surface area contributed by atoms with Crippen LogP contribution in [0.15, 0.2) is 0 Å². The fourth-order valence-corrected chi connectivity index (χ4v) is 0. The first kappa shape index (κ1) is 16.3. The van der Waals surface area contributed by atoms with Gasteiger partial charge < -0.3 is 20.1 Å². The van der Waals surface area contributed by atoms with Crippen LogP contribution in [0.5, 0.6) is 0 Å². The average molecular weight is 365 g/mol. The van der Waals surface area contributed by atoms with Crippen LogP contribution >= 0.6 is 0 Å². The van der Waals surface area contributed by atoms with Crippen molar-refractivity contribution in [3.8, 4) is 0 Å². The first-order chi connectivity index (χ1) is 2.00. The maximum absolute atomic E-state index is 9.75. The van der Waals surface area contributed by atoms with Gasteiger partial charge in [-0.2, -0.15) is 0 Å². The van der Waals surface area contributed by atoms with Crippen LogP contribution in [0.3, 0.4) is 0 Å². The molecule has 0 aliphatic rings. The minimum atomic E-state index is -6.00. The molecule has 0 aromatic carbocycles. The molecular formula is H2BBaF4La-. The van der Waals surface area contributed by atoms with Crippen LogP contribution in [-0.2, 0) is 0 Å². The summed E-state index contributed by atoms with van der Waals surface area (Å²) in [6, 6.07) is 0. The molecule has 7 heteroatoms. The van der Waals surface area contributed by atoms with E-state index in [4.69, 9.17) is 0 Å². The first-order valence-corrected chi connectivity index (χ1v) is 0.873. The quantitative estimate of drug-likeness (QED) is 0.446. The van der Waals surface area contributed by atoms with Crippen LogP contribution in [0.4, 0.5) is 17.3 Å². The molecular weight excluding hydrogens is 363 g/mol. The van der Waals surface area contributed by atoms with Gasteiger partial charge in [0, 0.05) is 35.6 Å². The smallest absolute Gasteiger partial charge is 1.00 e. The molecule has 0 bridgehead atoms. The molecule has 0 atom stereocenters. The topological polar surface area (TPSA) is 0 Å². The number of halogens is 4. The third kappa shape index (κ3) is 56.4. The van der Waals surface area contributed by atoms with Crippen molar-refractivity contribution in [3.63, 3.8) is 0 Å². The van der Waals surface area contributed by atoms with Crippen LogP contribution in [0.2, 0.25) is 0 Å². The monoisotopic (exact) mass is 366 g/mol. The standard InChI is InChI=1S/BF4.Ba.La.2H/c2-1(3,4)5;;;;/q-1;+2;;2*-1. The van der Waals surface area contributed by atoms with Gasteiger partial charge in [-0.1, -0.05) is 0 Å². The summed E-state index contributed by atoms with van der Waals surface area (Å²) < 4.78 is 39.0. The summed E-state index contributed by atoms with van der Waals surface area (Å²) in [4.78, 5) is 0. The zero-order valence-corrected chi connectivity index (χ0v) is 11.4. The van der Waals surface area contributed by atoms with E-state index in [9.17, 15) is 17.3 Å². The Labute approximate surface area is 110 Å². The Bertz CT molecular complexity index is 34.0. The molecule has 0 spiro atoms. The molecule has 0 heterocycles. The number of hydrogen-bond acceptors (Lipinski definition) is 0. The summed E-state index contributed by atoms with van der Waals surface area (Å²) in [6.07, 6.45) is 0. The molecule has 0 aliphatic carbocycles. The van der Waals surface area contributed by atoms with Crippen molar-refractivity contribution in [2.75, 3.05) is 0 Å². The van der Waals surface area contributed by atoms with E-state index >= 15 is 0 Å². The van der Waals surface area contributed by atoms with Gasteiger partial charge >= 0.3 is 56.1 Å². The molecule has 0 unspecified atom stereocenters. The molecule has 0 nitrogen and oxygen atoms in total. The van der Waals surface area contributed by atoms with E-state index in [1.165, 1.54) is 0 Å². The minimum absolute atomic E-state index is 0. The normalized spacial score (nSPS) is 8.57. The van der Waals surface area contributed by atoms with Crippen molar-refractivity contribution < 1.29 is 55.7 Å². The Morgan fingerprint density at radius 3 is 1.00 bits per heavy atom. The zero-order valence-electron chi connectivity index (χ0n) is 5.37. The summed E-state index contributed by atoms with van der Waals surface area (Å²) in [5.74, 6) is 0. The van der Waals surface area contributed by atoms with E-state index in [-0.39, 0.29) is 87.3 Å². The molecule has 0 saturated carbocycles. The van der Waals surface area contributed by atoms with Gasteiger partial charge in [0.2, 0.25) is 0 Å². The summed E-state index contributed by atoms with van der Waals surface area (Å²) in [7, 11) is -6.00. The van der Waals surface area contributed by atoms with Crippen molar-refractivity contribution in [1.82, 2.24) is 0 Å². The molecule has 0 rings (SSSR count). The van der Waals surface area contributed by atoms with Gasteiger partial charge in [-0.05, 0) is 0 Å². The van der Waals surface area contributed by atoms with E-state index in [0.29, 0.717) is 0 Å². The van der Waals surface area contributed by atoms with Crippen LogP contribution in [0, 0.1) is 35.6 Å². The maximum Gasteiger partial charge on any atom is 2.00 e. The maximum atomic E-state index is 9.75. The summed E-state index contributed by atoms with van der Waals surface area (Å²) >= 11 is 0. The minimum Gasteiger partial charge on any atom is -1.00 e. The van der Waals surface area contributed by atoms with E-state index < -0.39 is 7.25 Å². The van der Waals surface area contributed by atoms with Crippen molar-refractivity contribution in [1.29, 1.82) is 0 Å². The van der Waals surface area contributed by atoms with Gasteiger partial charge in [0.1, 0.15) is 0 Å². The number of rotatable bonds is 0. The predicted octanol–water partition coefficient (Wildman–Crippen LogP) is 1.14. The average Bonchev–Trinajstić information content (AvgIpc) is 0.722. The molecule has 0 N–H and O–H groups in total. The molecule has 7 heavy (non-hydrogen) atoms. The van der Waals surface area contributed by atoms with Crippen molar-refractivity contribution >= 4 is 56.1 Å². The van der Waals surface area contributed by atoms with E-state index in [0.717, 1.165) is 0 Å². The fourth-order valence-electron chi connectivity index (χ4n) is 0. The van der Waals surface area contributed by atoms with E-state index in [1.807, 2.05) is 0 Å². The third-order valence-electron chi connectivity index (χ3n) is 0. The fraction of sp³-hybridized carbons (Fsp3) is 0. The molecule has 0 amide bonds. The third-order valence-corrected chi connectivity index (χ3v) is 0. The second-order valence-electron chi connectivity index (χ2n) is 0.495. The Hall–Kier alpha value is 2.55. The van der Waals surface area contributed by atoms with Gasteiger partial charge in [-0.3, -0.25) is 0 Å². The number of hydrogen-bond donors (Lipinski definition) is 0. The summed E-state index contributed by atoms with van der Waals surface area (Å²) in [5.41, 5.74) is 0. The second kappa shape index (κ2) is 6.67. The van der Waals surface area contributed by atoms with E-state index in [1.54, 1.807) is 0 Å². The Morgan fingerprint density at radius 2 is 1.00 bits per heavy atom. The van der Waals surface area contributed by atoms with Crippen molar-refractivity contribution in [3.05, 3.63) is 0 Å². The molecule has 0 fully saturated rings. The summed E-state index contributed by atoms with van der Waals surface area (Å²) in [6.45, 7) is 0. The van der Waals surface area contributed by atoms with Gasteiger partial charge in [0.25, 0.3) is 0 Å². The van der Waals surface area contributed by atoms with Gasteiger partial charge in [-0.15, -0.1) is 0 Å². The van der Waals surface area contributed by atoms with Crippen LogP contribution in [0.1, 0.15) is 2.85 Å². The largest absolute Gasteiger partial charge is 2.00 e. The zero-order chi connectivity index (χ0) is 4.50. The van der Waals surface area contributed by atoms with Gasteiger partial charge in [0.15, 0.2) is 0 Å². The molecule has 0 aromatic rings. The van der Waals surface area contributed by atoms with E-state index in [2.05, 4.69) is 0 Å². The Kier molecular flexibility index (Phi) is 15.5. The molecule has 39 valence electrons. The molecule has 1 radical (unpaired) electrons. The molecule has 0 aliphatic heterocycles. The van der Waals surface area contributed by atoms with Gasteiger partial charge in [-0.25, -0.2) is 0 Å². The Morgan fingerprint density at radius 1 is 1.00 bits per heavy atom. The molecule has 0 aromatic heterocycles. The predicted molar refractivity (Wildman–Crippen MR) is 18.2 cm³/mol. The van der Waals surface area contributed by atoms with Crippen molar-refractivity contribution in [2.45, 2.75) is 0 Å². The second-order valence-corrected chi connectivity index (χ2v) is 0.495. The van der Waals surface area contributed by atoms with Crippen LogP contribution in [-0.4, -0.2) is 56.1 Å². The van der Waals surface area contributed by atoms with Crippen LogP contribution < -0.4 is 0 Å². The summed E-state index contributed by atoms with van der Waals surface area (Å²) in [5, 5.41) is 0. The SMILES string of the molecule is F[B-](F)(F)F.[Ba+2].[H-].[H-].[La]. The van der Waals surface area contributed by atoms with Crippen LogP contribution in [0.25, 0.3) is 0 Å². The molecule has 0 saturated heterocycles.